The molecule has 0 spiro atoms. The van der Waals surface area contributed by atoms with Gasteiger partial charge in [0.1, 0.15) is 5.76 Å². The van der Waals surface area contributed by atoms with Crippen molar-refractivity contribution in [2.45, 2.75) is 13.5 Å². The lowest BCUT2D eigenvalue weighted by Crippen LogP contribution is -2.28. The Kier molecular flexibility index (Phi) is 6.35. The number of carbonyl (C=O) groups excluding carboxylic acids is 2. The molecule has 0 fully saturated rings. The normalized spacial score (nSPS) is 10.1. The van der Waals surface area contributed by atoms with Crippen LogP contribution in [0.1, 0.15) is 12.7 Å². The number of hydrogen-bond acceptors (Lipinski definition) is 5. The van der Waals surface area contributed by atoms with Gasteiger partial charge in [-0.1, -0.05) is 0 Å². The molecule has 0 saturated heterocycles. The maximum absolute atomic E-state index is 11.7. The van der Waals surface area contributed by atoms with E-state index in [2.05, 4.69) is 0 Å². The summed E-state index contributed by atoms with van der Waals surface area (Å²) in [5, 5.41) is 0. The first-order valence-corrected chi connectivity index (χ1v) is 6.78. The molecule has 5 nitrogen and oxygen atoms in total. The summed E-state index contributed by atoms with van der Waals surface area (Å²) in [5.74, 6) is 0.871. The molecule has 0 radical (unpaired) electrons. The highest BCUT2D eigenvalue weighted by atomic mass is 32.2. The molecule has 0 bridgehead atoms. The molecule has 1 aromatic rings. The molecule has 0 aliphatic rings. The van der Waals surface area contributed by atoms with Gasteiger partial charge in [-0.3, -0.25) is 9.59 Å². The zero-order valence-electron chi connectivity index (χ0n) is 10.5. The van der Waals surface area contributed by atoms with Crippen molar-refractivity contribution in [1.82, 2.24) is 4.90 Å². The van der Waals surface area contributed by atoms with Crippen LogP contribution < -0.4 is 0 Å². The van der Waals surface area contributed by atoms with E-state index < -0.39 is 0 Å². The molecule has 0 aliphatic carbocycles. The number of ether oxygens (including phenoxy) is 1. The second-order valence-corrected chi connectivity index (χ2v) is 4.61. The fraction of sp³-hybridized carbons (Fsp3) is 0.500. The molecule has 0 atom stereocenters. The quantitative estimate of drug-likeness (QED) is 0.704. The summed E-state index contributed by atoms with van der Waals surface area (Å²) in [5.41, 5.74) is 0. The lowest BCUT2D eigenvalue weighted by Gasteiger charge is -2.15. The van der Waals surface area contributed by atoms with E-state index in [1.807, 2.05) is 6.07 Å². The van der Waals surface area contributed by atoms with E-state index >= 15 is 0 Å². The number of carbonyl (C=O) groups is 2. The standard InChI is InChI=1S/C12H17NO4S/c1-3-16-12(15)9-18-8-11(14)13(2)7-10-5-4-6-17-10/h4-6H,3,7-9H2,1-2H3. The average Bonchev–Trinajstić information content (AvgIpc) is 2.82. The van der Waals surface area contributed by atoms with E-state index in [1.54, 1.807) is 31.2 Å². The van der Waals surface area contributed by atoms with E-state index in [4.69, 9.17) is 9.15 Å². The maximum Gasteiger partial charge on any atom is 0.315 e. The molecule has 100 valence electrons. The van der Waals surface area contributed by atoms with Gasteiger partial charge in [0.15, 0.2) is 0 Å². The number of thioether (sulfide) groups is 1. The minimum atomic E-state index is -0.288. The van der Waals surface area contributed by atoms with E-state index in [1.165, 1.54) is 11.8 Å². The lowest BCUT2D eigenvalue weighted by molar-refractivity contribution is -0.139. The minimum absolute atomic E-state index is 0.0410. The van der Waals surface area contributed by atoms with Gasteiger partial charge < -0.3 is 14.1 Å². The van der Waals surface area contributed by atoms with E-state index in [-0.39, 0.29) is 23.4 Å². The summed E-state index contributed by atoms with van der Waals surface area (Å²) in [6, 6.07) is 3.60. The molecule has 0 aliphatic heterocycles. The fourth-order valence-corrected chi connectivity index (χ4v) is 2.01. The Bertz CT molecular complexity index is 377. The van der Waals surface area contributed by atoms with Crippen molar-refractivity contribution in [2.24, 2.45) is 0 Å². The second-order valence-electron chi connectivity index (χ2n) is 3.63. The molecule has 0 saturated carbocycles. The summed E-state index contributed by atoms with van der Waals surface area (Å²) in [6.45, 7) is 2.56. The van der Waals surface area contributed by atoms with Crippen LogP contribution in [0.25, 0.3) is 0 Å². The van der Waals surface area contributed by atoms with Crippen LogP contribution in [0, 0.1) is 0 Å². The number of rotatable bonds is 7. The van der Waals surface area contributed by atoms with Crippen molar-refractivity contribution in [3.8, 4) is 0 Å². The molecule has 0 aromatic carbocycles. The van der Waals surface area contributed by atoms with Crippen LogP contribution in [0.3, 0.4) is 0 Å². The van der Waals surface area contributed by atoms with Crippen LogP contribution in [0.15, 0.2) is 22.8 Å². The van der Waals surface area contributed by atoms with Crippen molar-refractivity contribution in [3.05, 3.63) is 24.2 Å². The largest absolute Gasteiger partial charge is 0.467 e. The zero-order chi connectivity index (χ0) is 13.4. The number of furan rings is 1. The Hall–Kier alpha value is -1.43. The van der Waals surface area contributed by atoms with Gasteiger partial charge in [0.2, 0.25) is 5.91 Å². The first-order valence-electron chi connectivity index (χ1n) is 5.63. The Morgan fingerprint density at radius 1 is 1.44 bits per heavy atom. The Morgan fingerprint density at radius 2 is 2.22 bits per heavy atom. The molecule has 1 heterocycles. The zero-order valence-corrected chi connectivity index (χ0v) is 11.4. The summed E-state index contributed by atoms with van der Waals surface area (Å²) in [4.78, 5) is 24.4. The monoisotopic (exact) mass is 271 g/mol. The average molecular weight is 271 g/mol. The van der Waals surface area contributed by atoms with Crippen LogP contribution in [-0.4, -0.2) is 41.9 Å². The lowest BCUT2D eigenvalue weighted by atomic mass is 10.4. The van der Waals surface area contributed by atoms with Crippen molar-refractivity contribution < 1.29 is 18.7 Å². The fourth-order valence-electron chi connectivity index (χ4n) is 1.26. The first-order chi connectivity index (χ1) is 8.63. The summed E-state index contributed by atoms with van der Waals surface area (Å²) >= 11 is 1.25. The van der Waals surface area contributed by atoms with Crippen LogP contribution in [-0.2, 0) is 20.9 Å². The molecule has 1 rings (SSSR count). The molecule has 0 unspecified atom stereocenters. The van der Waals surface area contributed by atoms with Crippen molar-refractivity contribution in [3.63, 3.8) is 0 Å². The predicted molar refractivity (Wildman–Crippen MR) is 69.1 cm³/mol. The smallest absolute Gasteiger partial charge is 0.315 e. The number of amides is 1. The van der Waals surface area contributed by atoms with Crippen molar-refractivity contribution in [1.29, 1.82) is 0 Å². The molecular weight excluding hydrogens is 254 g/mol. The van der Waals surface area contributed by atoms with Crippen molar-refractivity contribution >= 4 is 23.6 Å². The topological polar surface area (TPSA) is 59.8 Å². The highest BCUT2D eigenvalue weighted by Gasteiger charge is 2.11. The number of hydrogen-bond donors (Lipinski definition) is 0. The van der Waals surface area contributed by atoms with Crippen LogP contribution >= 0.6 is 11.8 Å². The first kappa shape index (κ1) is 14.6. The summed E-state index contributed by atoms with van der Waals surface area (Å²) in [7, 11) is 1.70. The summed E-state index contributed by atoms with van der Waals surface area (Å²) in [6.07, 6.45) is 1.57. The van der Waals surface area contributed by atoms with E-state index in [0.717, 1.165) is 5.76 Å². The highest BCUT2D eigenvalue weighted by molar-refractivity contribution is 8.00. The number of esters is 1. The second kappa shape index (κ2) is 7.81. The molecular formula is C12H17NO4S. The van der Waals surface area contributed by atoms with E-state index in [0.29, 0.717) is 13.2 Å². The van der Waals surface area contributed by atoms with Gasteiger partial charge in [-0.05, 0) is 19.1 Å². The van der Waals surface area contributed by atoms with Gasteiger partial charge >= 0.3 is 5.97 Å². The van der Waals surface area contributed by atoms with Crippen molar-refractivity contribution in [2.75, 3.05) is 25.2 Å². The maximum atomic E-state index is 11.7. The van der Waals surface area contributed by atoms with Crippen LogP contribution in [0.2, 0.25) is 0 Å². The van der Waals surface area contributed by atoms with Gasteiger partial charge in [0.25, 0.3) is 0 Å². The molecule has 1 amide bonds. The molecule has 18 heavy (non-hydrogen) atoms. The third kappa shape index (κ3) is 5.27. The molecule has 6 heteroatoms. The highest BCUT2D eigenvalue weighted by Crippen LogP contribution is 2.07. The van der Waals surface area contributed by atoms with E-state index in [9.17, 15) is 9.59 Å². The van der Waals surface area contributed by atoms with Gasteiger partial charge in [0.05, 0.1) is 30.9 Å². The summed E-state index contributed by atoms with van der Waals surface area (Å²) < 4.78 is 9.92. The van der Waals surface area contributed by atoms with Crippen LogP contribution in [0.5, 0.6) is 0 Å². The Labute approximate surface area is 110 Å². The predicted octanol–water partition coefficient (Wildman–Crippen LogP) is 1.53. The molecule has 0 N–H and O–H groups in total. The SMILES string of the molecule is CCOC(=O)CSCC(=O)N(C)Cc1ccco1. The van der Waals surface area contributed by atoms with Gasteiger partial charge in [0, 0.05) is 7.05 Å². The van der Waals surface area contributed by atoms with Gasteiger partial charge in [-0.25, -0.2) is 0 Å². The Morgan fingerprint density at radius 3 is 2.83 bits per heavy atom. The van der Waals surface area contributed by atoms with Gasteiger partial charge in [-0.15, -0.1) is 11.8 Å². The Balaban J connectivity index is 2.21. The molecule has 1 aromatic heterocycles. The number of nitrogens with zero attached hydrogens (tertiary/aromatic N) is 1. The van der Waals surface area contributed by atoms with Gasteiger partial charge in [-0.2, -0.15) is 0 Å². The van der Waals surface area contributed by atoms with Crippen LogP contribution in [0.4, 0.5) is 0 Å². The minimum Gasteiger partial charge on any atom is -0.467 e. The third-order valence-corrected chi connectivity index (χ3v) is 3.04. The third-order valence-electron chi connectivity index (χ3n) is 2.15.